The molecule has 1 atom stereocenters. The van der Waals surface area contributed by atoms with Crippen molar-refractivity contribution in [2.45, 2.75) is 52.6 Å². The summed E-state index contributed by atoms with van der Waals surface area (Å²) in [7, 11) is 0. The Bertz CT molecular complexity index is 375. The van der Waals surface area contributed by atoms with Crippen LogP contribution in [0.1, 0.15) is 55.4 Å². The van der Waals surface area contributed by atoms with Gasteiger partial charge >= 0.3 is 0 Å². The van der Waals surface area contributed by atoms with Crippen LogP contribution in [0.5, 0.6) is 0 Å². The molecular formula is C15H22O. The summed E-state index contributed by atoms with van der Waals surface area (Å²) in [6, 6.07) is 6.25. The van der Waals surface area contributed by atoms with E-state index in [0.717, 1.165) is 18.4 Å². The Morgan fingerprint density at radius 3 is 2.44 bits per heavy atom. The first-order valence-corrected chi connectivity index (χ1v) is 6.29. The molecule has 0 radical (unpaired) electrons. The molecule has 1 saturated carbocycles. The van der Waals surface area contributed by atoms with Crippen molar-refractivity contribution in [2.75, 3.05) is 0 Å². The fourth-order valence-corrected chi connectivity index (χ4v) is 2.90. The molecule has 0 heterocycles. The number of aliphatic hydroxyl groups is 1. The third kappa shape index (κ3) is 1.89. The summed E-state index contributed by atoms with van der Waals surface area (Å²) in [5.74, 6) is 0. The van der Waals surface area contributed by atoms with Crippen molar-refractivity contribution in [2.24, 2.45) is 5.41 Å². The van der Waals surface area contributed by atoms with Crippen molar-refractivity contribution >= 4 is 0 Å². The monoisotopic (exact) mass is 218 g/mol. The van der Waals surface area contributed by atoms with Gasteiger partial charge in [0.1, 0.15) is 0 Å². The van der Waals surface area contributed by atoms with Gasteiger partial charge in [-0.15, -0.1) is 0 Å². The average molecular weight is 218 g/mol. The zero-order valence-electron chi connectivity index (χ0n) is 10.6. The summed E-state index contributed by atoms with van der Waals surface area (Å²) in [6.07, 6.45) is 4.54. The normalized spacial score (nSPS) is 21.0. The first-order chi connectivity index (χ1) is 7.54. The maximum absolute atomic E-state index is 10.6. The maximum Gasteiger partial charge on any atom is 0.0846 e. The Morgan fingerprint density at radius 1 is 1.19 bits per heavy atom. The van der Waals surface area contributed by atoms with Crippen molar-refractivity contribution < 1.29 is 5.11 Å². The molecule has 0 aromatic heterocycles. The van der Waals surface area contributed by atoms with E-state index < -0.39 is 0 Å². The second-order valence-electron chi connectivity index (χ2n) is 5.55. The van der Waals surface area contributed by atoms with Crippen LogP contribution in [0.3, 0.4) is 0 Å². The van der Waals surface area contributed by atoms with Crippen LogP contribution >= 0.6 is 0 Å². The Hall–Kier alpha value is -0.820. The smallest absolute Gasteiger partial charge is 0.0846 e. The van der Waals surface area contributed by atoms with Crippen molar-refractivity contribution in [1.29, 1.82) is 0 Å². The van der Waals surface area contributed by atoms with Crippen LogP contribution in [-0.4, -0.2) is 5.11 Å². The quantitative estimate of drug-likeness (QED) is 0.797. The second kappa shape index (κ2) is 4.21. The molecule has 1 aromatic rings. The Balaban J connectivity index is 2.33. The fraction of sp³-hybridized carbons (Fsp3) is 0.600. The zero-order valence-corrected chi connectivity index (χ0v) is 10.6. The molecule has 0 spiro atoms. The van der Waals surface area contributed by atoms with Gasteiger partial charge in [0.25, 0.3) is 0 Å². The van der Waals surface area contributed by atoms with Gasteiger partial charge < -0.3 is 5.11 Å². The molecule has 2 rings (SSSR count). The van der Waals surface area contributed by atoms with Gasteiger partial charge in [0, 0.05) is 0 Å². The minimum absolute atomic E-state index is 0.0958. The summed E-state index contributed by atoms with van der Waals surface area (Å²) < 4.78 is 0. The van der Waals surface area contributed by atoms with Gasteiger partial charge in [-0.3, -0.25) is 0 Å². The number of rotatable bonds is 2. The van der Waals surface area contributed by atoms with E-state index >= 15 is 0 Å². The molecule has 1 heteroatoms. The molecule has 1 aliphatic carbocycles. The van der Waals surface area contributed by atoms with E-state index in [-0.39, 0.29) is 11.5 Å². The standard InChI is InChI=1S/C15H22O/c1-11-7-6-8-13(12(11)2)14(16)15(3)9-4-5-10-15/h6-8,14,16H,4-5,9-10H2,1-3H3. The Kier molecular flexibility index (Phi) is 3.07. The lowest BCUT2D eigenvalue weighted by molar-refractivity contribution is 0.0403. The van der Waals surface area contributed by atoms with Crippen LogP contribution in [0.2, 0.25) is 0 Å². The minimum Gasteiger partial charge on any atom is -0.388 e. The van der Waals surface area contributed by atoms with Crippen LogP contribution < -0.4 is 0 Å². The van der Waals surface area contributed by atoms with Crippen LogP contribution in [-0.2, 0) is 0 Å². The molecule has 0 aliphatic heterocycles. The number of benzene rings is 1. The molecular weight excluding hydrogens is 196 g/mol. The van der Waals surface area contributed by atoms with Crippen LogP contribution in [0, 0.1) is 19.3 Å². The third-order valence-corrected chi connectivity index (χ3v) is 4.35. The number of hydrogen-bond donors (Lipinski definition) is 1. The Morgan fingerprint density at radius 2 is 1.81 bits per heavy atom. The highest BCUT2D eigenvalue weighted by Crippen LogP contribution is 2.47. The van der Waals surface area contributed by atoms with Crippen molar-refractivity contribution in [1.82, 2.24) is 0 Å². The minimum atomic E-state index is -0.296. The lowest BCUT2D eigenvalue weighted by atomic mass is 9.78. The first kappa shape index (κ1) is 11.7. The lowest BCUT2D eigenvalue weighted by Crippen LogP contribution is -2.22. The van der Waals surface area contributed by atoms with Crippen molar-refractivity contribution in [3.05, 3.63) is 34.9 Å². The average Bonchev–Trinajstić information content (AvgIpc) is 2.70. The number of aryl methyl sites for hydroxylation is 1. The van der Waals surface area contributed by atoms with Gasteiger partial charge in [-0.1, -0.05) is 38.0 Å². The molecule has 1 N–H and O–H groups in total. The third-order valence-electron chi connectivity index (χ3n) is 4.35. The zero-order chi connectivity index (χ0) is 11.8. The molecule has 1 unspecified atom stereocenters. The van der Waals surface area contributed by atoms with Gasteiger partial charge in [0.05, 0.1) is 6.10 Å². The molecule has 0 amide bonds. The number of hydrogen-bond acceptors (Lipinski definition) is 1. The van der Waals surface area contributed by atoms with Gasteiger partial charge in [-0.25, -0.2) is 0 Å². The summed E-state index contributed by atoms with van der Waals surface area (Å²) in [6.45, 7) is 6.46. The van der Waals surface area contributed by atoms with E-state index in [1.807, 2.05) is 0 Å². The molecule has 1 nitrogen and oxygen atoms in total. The second-order valence-corrected chi connectivity index (χ2v) is 5.55. The maximum atomic E-state index is 10.6. The van der Waals surface area contributed by atoms with E-state index in [2.05, 4.69) is 39.0 Å². The molecule has 1 aliphatic rings. The van der Waals surface area contributed by atoms with Crippen LogP contribution in [0.15, 0.2) is 18.2 Å². The number of aliphatic hydroxyl groups excluding tert-OH is 1. The highest BCUT2D eigenvalue weighted by molar-refractivity contribution is 5.35. The highest BCUT2D eigenvalue weighted by atomic mass is 16.3. The van der Waals surface area contributed by atoms with Crippen LogP contribution in [0.4, 0.5) is 0 Å². The van der Waals surface area contributed by atoms with E-state index in [0.29, 0.717) is 0 Å². The first-order valence-electron chi connectivity index (χ1n) is 6.29. The summed E-state index contributed by atoms with van der Waals surface area (Å²) in [4.78, 5) is 0. The molecule has 1 aromatic carbocycles. The summed E-state index contributed by atoms with van der Waals surface area (Å²) in [5.41, 5.74) is 3.75. The largest absolute Gasteiger partial charge is 0.388 e. The Labute approximate surface area is 98.5 Å². The summed E-state index contributed by atoms with van der Waals surface area (Å²) in [5, 5.41) is 10.6. The molecule has 88 valence electrons. The fourth-order valence-electron chi connectivity index (χ4n) is 2.90. The van der Waals surface area contributed by atoms with E-state index in [1.54, 1.807) is 0 Å². The van der Waals surface area contributed by atoms with Crippen molar-refractivity contribution in [3.8, 4) is 0 Å². The molecule has 1 fully saturated rings. The topological polar surface area (TPSA) is 20.2 Å². The molecule has 0 saturated heterocycles. The van der Waals surface area contributed by atoms with Gasteiger partial charge in [0.2, 0.25) is 0 Å². The summed E-state index contributed by atoms with van der Waals surface area (Å²) >= 11 is 0. The SMILES string of the molecule is Cc1cccc(C(O)C2(C)CCCC2)c1C. The van der Waals surface area contributed by atoms with Crippen LogP contribution in [0.25, 0.3) is 0 Å². The van der Waals surface area contributed by atoms with Gasteiger partial charge in [-0.2, -0.15) is 0 Å². The predicted octanol–water partition coefficient (Wildman–Crippen LogP) is 3.92. The van der Waals surface area contributed by atoms with Gasteiger partial charge in [-0.05, 0) is 48.8 Å². The van der Waals surface area contributed by atoms with E-state index in [9.17, 15) is 5.11 Å². The lowest BCUT2D eigenvalue weighted by Gasteiger charge is -2.31. The van der Waals surface area contributed by atoms with E-state index in [1.165, 1.54) is 24.0 Å². The highest BCUT2D eigenvalue weighted by Gasteiger charge is 2.37. The molecule has 16 heavy (non-hydrogen) atoms. The van der Waals surface area contributed by atoms with Crippen molar-refractivity contribution in [3.63, 3.8) is 0 Å². The van der Waals surface area contributed by atoms with E-state index in [4.69, 9.17) is 0 Å². The van der Waals surface area contributed by atoms with Gasteiger partial charge in [0.15, 0.2) is 0 Å². The predicted molar refractivity (Wildman–Crippen MR) is 67.5 cm³/mol. The molecule has 0 bridgehead atoms.